The molecule has 6 heteroatoms. The molecule has 0 spiro atoms. The fraction of sp³-hybridized carbons (Fsp3) is 0.269. The van der Waals surface area contributed by atoms with Crippen molar-refractivity contribution in [2.45, 2.75) is 38.5 Å². The number of sulfonamides is 1. The van der Waals surface area contributed by atoms with Crippen LogP contribution in [-0.2, 0) is 27.8 Å². The summed E-state index contributed by atoms with van der Waals surface area (Å²) in [5.74, 6) is -0.113. The van der Waals surface area contributed by atoms with Crippen molar-refractivity contribution in [2.75, 3.05) is 0 Å². The lowest BCUT2D eigenvalue weighted by molar-refractivity contribution is -0.117. The maximum Gasteiger partial charge on any atom is 0.221 e. The molecule has 0 fully saturated rings. The number of amides is 1. The Morgan fingerprint density at radius 2 is 1.56 bits per heavy atom. The van der Waals surface area contributed by atoms with E-state index >= 15 is 0 Å². The van der Waals surface area contributed by atoms with Crippen molar-refractivity contribution in [3.8, 4) is 11.1 Å². The number of rotatable bonds is 10. The van der Waals surface area contributed by atoms with E-state index in [1.165, 1.54) is 0 Å². The molecule has 3 aromatic carbocycles. The van der Waals surface area contributed by atoms with Gasteiger partial charge in [0.25, 0.3) is 0 Å². The molecule has 3 rings (SSSR count). The summed E-state index contributed by atoms with van der Waals surface area (Å²) >= 11 is 0. The van der Waals surface area contributed by atoms with Crippen LogP contribution in [0.1, 0.15) is 42.2 Å². The standard InChI is InChI=1S/C26H30N2O3S/c1-19(2)15-25(23-8-4-3-5-9-23)32(30,31)28-18-20-11-13-22(14-12-20)24-10-6-7-21(16-24)17-26(27)29/h3-14,16,19,25,28H,15,17-18H2,1-2H3,(H2,27,29). The van der Waals surface area contributed by atoms with Crippen molar-refractivity contribution in [1.29, 1.82) is 0 Å². The monoisotopic (exact) mass is 450 g/mol. The second kappa shape index (κ2) is 10.6. The first-order valence-corrected chi connectivity index (χ1v) is 12.3. The van der Waals surface area contributed by atoms with Crippen molar-refractivity contribution >= 4 is 15.9 Å². The van der Waals surface area contributed by atoms with Gasteiger partial charge < -0.3 is 5.73 Å². The Bertz CT molecular complexity index is 1140. The van der Waals surface area contributed by atoms with Crippen LogP contribution in [0.15, 0.2) is 78.9 Å². The van der Waals surface area contributed by atoms with E-state index in [0.717, 1.165) is 27.8 Å². The van der Waals surface area contributed by atoms with Gasteiger partial charge in [-0.15, -0.1) is 0 Å². The molecule has 168 valence electrons. The average molecular weight is 451 g/mol. The Labute approximate surface area is 190 Å². The van der Waals surface area contributed by atoms with E-state index in [9.17, 15) is 13.2 Å². The summed E-state index contributed by atoms with van der Waals surface area (Å²) in [5, 5.41) is -0.587. The lowest BCUT2D eigenvalue weighted by Crippen LogP contribution is -2.29. The van der Waals surface area contributed by atoms with E-state index in [4.69, 9.17) is 5.73 Å². The first-order valence-electron chi connectivity index (χ1n) is 10.7. The number of benzene rings is 3. The largest absolute Gasteiger partial charge is 0.369 e. The summed E-state index contributed by atoms with van der Waals surface area (Å²) in [6.45, 7) is 4.29. The number of hydrogen-bond donors (Lipinski definition) is 2. The summed E-state index contributed by atoms with van der Waals surface area (Å²) in [7, 11) is -3.54. The predicted molar refractivity (Wildman–Crippen MR) is 129 cm³/mol. The highest BCUT2D eigenvalue weighted by molar-refractivity contribution is 7.89. The number of hydrogen-bond acceptors (Lipinski definition) is 3. The Hall–Kier alpha value is -2.96. The number of carbonyl (C=O) groups is 1. The first-order chi connectivity index (χ1) is 15.2. The maximum atomic E-state index is 13.1. The number of nitrogens with two attached hydrogens (primary N) is 1. The van der Waals surface area contributed by atoms with Gasteiger partial charge in [-0.3, -0.25) is 4.79 Å². The molecule has 1 atom stereocenters. The molecule has 0 radical (unpaired) electrons. The molecule has 0 aliphatic heterocycles. The zero-order chi connectivity index (χ0) is 23.1. The van der Waals surface area contributed by atoms with Crippen LogP contribution in [-0.4, -0.2) is 14.3 Å². The van der Waals surface area contributed by atoms with Crippen LogP contribution in [0.4, 0.5) is 0 Å². The summed E-state index contributed by atoms with van der Waals surface area (Å²) < 4.78 is 29.0. The lowest BCUT2D eigenvalue weighted by atomic mass is 10.0. The van der Waals surface area contributed by atoms with Gasteiger partial charge in [0.05, 0.1) is 6.42 Å². The topological polar surface area (TPSA) is 89.3 Å². The molecule has 0 saturated heterocycles. The first kappa shape index (κ1) is 23.7. The fourth-order valence-electron chi connectivity index (χ4n) is 3.70. The zero-order valence-electron chi connectivity index (χ0n) is 18.5. The number of primary amides is 1. The molecule has 0 aromatic heterocycles. The van der Waals surface area contributed by atoms with Gasteiger partial charge in [0.15, 0.2) is 0 Å². The van der Waals surface area contributed by atoms with Gasteiger partial charge >= 0.3 is 0 Å². The minimum atomic E-state index is -3.54. The molecule has 0 bridgehead atoms. The van der Waals surface area contributed by atoms with Crippen LogP contribution in [0.25, 0.3) is 11.1 Å². The van der Waals surface area contributed by atoms with Crippen molar-refractivity contribution < 1.29 is 13.2 Å². The van der Waals surface area contributed by atoms with Gasteiger partial charge in [-0.2, -0.15) is 0 Å². The minimum Gasteiger partial charge on any atom is -0.369 e. The normalized spacial score (nSPS) is 12.6. The third-order valence-electron chi connectivity index (χ3n) is 5.30. The van der Waals surface area contributed by atoms with Gasteiger partial charge in [-0.25, -0.2) is 13.1 Å². The van der Waals surface area contributed by atoms with Crippen LogP contribution in [0.3, 0.4) is 0 Å². The Morgan fingerprint density at radius 3 is 2.19 bits per heavy atom. The van der Waals surface area contributed by atoms with Gasteiger partial charge in [0.1, 0.15) is 5.25 Å². The second-order valence-electron chi connectivity index (χ2n) is 8.44. The summed E-state index contributed by atoms with van der Waals surface area (Å²) in [6, 6.07) is 24.8. The highest BCUT2D eigenvalue weighted by Gasteiger charge is 2.27. The van der Waals surface area contributed by atoms with Crippen LogP contribution < -0.4 is 10.5 Å². The summed E-state index contributed by atoms with van der Waals surface area (Å²) in [4.78, 5) is 11.2. The van der Waals surface area contributed by atoms with Crippen molar-refractivity contribution in [1.82, 2.24) is 4.72 Å². The Balaban J connectivity index is 1.72. The predicted octanol–water partition coefficient (Wildman–Crippen LogP) is 4.59. The van der Waals surface area contributed by atoms with Crippen LogP contribution in [0, 0.1) is 5.92 Å². The highest BCUT2D eigenvalue weighted by Crippen LogP contribution is 2.29. The van der Waals surface area contributed by atoms with Gasteiger partial charge in [0.2, 0.25) is 15.9 Å². The number of nitrogens with one attached hydrogen (secondary N) is 1. The Kier molecular flexibility index (Phi) is 7.83. The van der Waals surface area contributed by atoms with Crippen LogP contribution >= 0.6 is 0 Å². The third-order valence-corrected chi connectivity index (χ3v) is 7.06. The minimum absolute atomic E-state index is 0.201. The zero-order valence-corrected chi connectivity index (χ0v) is 19.3. The summed E-state index contributed by atoms with van der Waals surface area (Å²) in [5.41, 5.74) is 9.81. The molecule has 1 amide bonds. The van der Waals surface area contributed by atoms with E-state index in [-0.39, 0.29) is 24.8 Å². The highest BCUT2D eigenvalue weighted by atomic mass is 32.2. The van der Waals surface area contributed by atoms with Gasteiger partial charge in [-0.05, 0) is 40.2 Å². The van der Waals surface area contributed by atoms with E-state index in [2.05, 4.69) is 4.72 Å². The number of carbonyl (C=O) groups excluding carboxylic acids is 1. The van der Waals surface area contributed by atoms with Crippen molar-refractivity contribution in [3.05, 3.63) is 95.6 Å². The van der Waals surface area contributed by atoms with E-state index in [0.29, 0.717) is 6.42 Å². The third kappa shape index (κ3) is 6.52. The van der Waals surface area contributed by atoms with Crippen LogP contribution in [0.2, 0.25) is 0 Å². The molecular formula is C26H30N2O3S. The van der Waals surface area contributed by atoms with E-state index in [1.807, 2.05) is 92.7 Å². The van der Waals surface area contributed by atoms with Crippen molar-refractivity contribution in [3.63, 3.8) is 0 Å². The quantitative estimate of drug-likeness (QED) is 0.473. The molecule has 3 aromatic rings. The lowest BCUT2D eigenvalue weighted by Gasteiger charge is -2.20. The molecule has 0 aliphatic carbocycles. The average Bonchev–Trinajstić information content (AvgIpc) is 2.77. The van der Waals surface area contributed by atoms with Gasteiger partial charge in [0, 0.05) is 6.54 Å². The van der Waals surface area contributed by atoms with E-state index < -0.39 is 15.3 Å². The smallest absolute Gasteiger partial charge is 0.221 e. The molecule has 1 unspecified atom stereocenters. The molecule has 0 saturated carbocycles. The summed E-state index contributed by atoms with van der Waals surface area (Å²) in [6.07, 6.45) is 0.757. The molecule has 32 heavy (non-hydrogen) atoms. The molecule has 3 N–H and O–H groups in total. The molecule has 0 aliphatic rings. The SMILES string of the molecule is CC(C)CC(c1ccccc1)S(=O)(=O)NCc1ccc(-c2cccc(CC(N)=O)c2)cc1. The van der Waals surface area contributed by atoms with Crippen molar-refractivity contribution in [2.24, 2.45) is 11.7 Å². The van der Waals surface area contributed by atoms with Crippen LogP contribution in [0.5, 0.6) is 0 Å². The molecular weight excluding hydrogens is 420 g/mol. The van der Waals surface area contributed by atoms with Gasteiger partial charge in [-0.1, -0.05) is 92.7 Å². The molecule has 5 nitrogen and oxygen atoms in total. The fourth-order valence-corrected chi connectivity index (χ4v) is 5.42. The van der Waals surface area contributed by atoms with E-state index in [1.54, 1.807) is 0 Å². The Morgan fingerprint density at radius 1 is 0.875 bits per heavy atom. The second-order valence-corrected chi connectivity index (χ2v) is 10.4. The maximum absolute atomic E-state index is 13.1. The molecule has 0 heterocycles.